The van der Waals surface area contributed by atoms with E-state index < -0.39 is 0 Å². The summed E-state index contributed by atoms with van der Waals surface area (Å²) < 4.78 is 16.6. The first kappa shape index (κ1) is 16.1. The van der Waals surface area contributed by atoms with Gasteiger partial charge in [-0.3, -0.25) is 4.79 Å². The molecule has 2 fully saturated rings. The quantitative estimate of drug-likeness (QED) is 0.847. The fourth-order valence-electron chi connectivity index (χ4n) is 3.63. The molecule has 0 N–H and O–H groups in total. The molecule has 7 nitrogen and oxygen atoms in total. The first-order valence-corrected chi connectivity index (χ1v) is 8.72. The van der Waals surface area contributed by atoms with E-state index in [4.69, 9.17) is 13.9 Å². The zero-order chi connectivity index (χ0) is 17.1. The van der Waals surface area contributed by atoms with Gasteiger partial charge in [-0.25, -0.2) is 0 Å². The number of carbonyl (C=O) groups excluding carboxylic acids is 1. The summed E-state index contributed by atoms with van der Waals surface area (Å²) in [6, 6.07) is 7.47. The van der Waals surface area contributed by atoms with Gasteiger partial charge in [0.1, 0.15) is 5.75 Å². The Morgan fingerprint density at radius 1 is 1.24 bits per heavy atom. The van der Waals surface area contributed by atoms with Gasteiger partial charge in [0, 0.05) is 12.1 Å². The highest BCUT2D eigenvalue weighted by molar-refractivity contribution is 5.78. The van der Waals surface area contributed by atoms with Crippen LogP contribution in [0.1, 0.15) is 25.7 Å². The van der Waals surface area contributed by atoms with Crippen molar-refractivity contribution in [2.24, 2.45) is 0 Å². The first-order valence-electron chi connectivity index (χ1n) is 8.72. The largest absolute Gasteiger partial charge is 0.484 e. The van der Waals surface area contributed by atoms with Crippen LogP contribution in [0.2, 0.25) is 0 Å². The van der Waals surface area contributed by atoms with Gasteiger partial charge in [0.25, 0.3) is 5.91 Å². The maximum atomic E-state index is 12.6. The van der Waals surface area contributed by atoms with Gasteiger partial charge in [0.15, 0.2) is 6.61 Å². The zero-order valence-electron chi connectivity index (χ0n) is 14.0. The Hall–Kier alpha value is -2.41. The van der Waals surface area contributed by atoms with Gasteiger partial charge in [-0.05, 0) is 37.1 Å². The Kier molecular flexibility index (Phi) is 4.65. The number of hydrogen-bond acceptors (Lipinski definition) is 6. The Morgan fingerprint density at radius 3 is 2.88 bits per heavy atom. The van der Waals surface area contributed by atoms with E-state index in [2.05, 4.69) is 10.2 Å². The number of amides is 1. The highest BCUT2D eigenvalue weighted by Gasteiger charge is 2.36. The highest BCUT2D eigenvalue weighted by Crippen LogP contribution is 2.28. The standard InChI is InChI=1S/C18H21N3O4/c22-17(21-9-10-23-16-4-2-1-3-15(16)21)11-24-14-7-5-13(6-8-14)18-20-19-12-25-18/h5-8,12,15-16H,1-4,9-11H2. The first-order chi connectivity index (χ1) is 12.3. The van der Waals surface area contributed by atoms with Gasteiger partial charge < -0.3 is 18.8 Å². The lowest BCUT2D eigenvalue weighted by molar-refractivity contribution is -0.151. The third-order valence-corrected chi connectivity index (χ3v) is 4.88. The fraction of sp³-hybridized carbons (Fsp3) is 0.500. The molecular formula is C18H21N3O4. The smallest absolute Gasteiger partial charge is 0.260 e. The molecule has 132 valence electrons. The van der Waals surface area contributed by atoms with Gasteiger partial charge in [0.2, 0.25) is 12.3 Å². The summed E-state index contributed by atoms with van der Waals surface area (Å²) in [6.45, 7) is 1.31. The van der Waals surface area contributed by atoms with Crippen LogP contribution in [0.15, 0.2) is 35.1 Å². The number of nitrogens with zero attached hydrogens (tertiary/aromatic N) is 3. The maximum absolute atomic E-state index is 12.6. The summed E-state index contributed by atoms with van der Waals surface area (Å²) in [5.74, 6) is 1.13. The average Bonchev–Trinajstić information content (AvgIpc) is 3.21. The van der Waals surface area contributed by atoms with Crippen molar-refractivity contribution < 1.29 is 18.7 Å². The molecule has 1 aromatic heterocycles. The number of carbonyl (C=O) groups is 1. The molecule has 1 amide bonds. The van der Waals surface area contributed by atoms with Crippen LogP contribution in [-0.2, 0) is 9.53 Å². The highest BCUT2D eigenvalue weighted by atomic mass is 16.5. The molecular weight excluding hydrogens is 322 g/mol. The summed E-state index contributed by atoms with van der Waals surface area (Å²) in [5, 5.41) is 7.52. The van der Waals surface area contributed by atoms with Crippen LogP contribution in [0.5, 0.6) is 5.75 Å². The van der Waals surface area contributed by atoms with E-state index >= 15 is 0 Å². The van der Waals surface area contributed by atoms with Crippen LogP contribution in [0.4, 0.5) is 0 Å². The third kappa shape index (κ3) is 3.51. The summed E-state index contributed by atoms with van der Waals surface area (Å²) in [6.07, 6.45) is 5.90. The minimum atomic E-state index is 0.0289. The SMILES string of the molecule is O=C(COc1ccc(-c2nnco2)cc1)N1CCOC2CCCCC21. The molecule has 0 spiro atoms. The number of hydrogen-bond donors (Lipinski definition) is 0. The molecule has 1 aliphatic heterocycles. The Morgan fingerprint density at radius 2 is 2.08 bits per heavy atom. The molecule has 2 unspecified atom stereocenters. The van der Waals surface area contributed by atoms with E-state index in [1.54, 1.807) is 12.1 Å². The molecule has 25 heavy (non-hydrogen) atoms. The molecule has 1 saturated carbocycles. The average molecular weight is 343 g/mol. The molecule has 7 heteroatoms. The summed E-state index contributed by atoms with van der Waals surface area (Å²) >= 11 is 0. The number of ether oxygens (including phenoxy) is 2. The van der Waals surface area contributed by atoms with Crippen molar-refractivity contribution in [2.45, 2.75) is 37.8 Å². The summed E-state index contributed by atoms with van der Waals surface area (Å²) in [4.78, 5) is 14.5. The maximum Gasteiger partial charge on any atom is 0.260 e. The van der Waals surface area contributed by atoms with E-state index in [0.29, 0.717) is 24.8 Å². The van der Waals surface area contributed by atoms with Crippen molar-refractivity contribution in [3.8, 4) is 17.2 Å². The molecule has 1 aliphatic carbocycles. The van der Waals surface area contributed by atoms with E-state index in [1.807, 2.05) is 17.0 Å². The monoisotopic (exact) mass is 343 g/mol. The van der Waals surface area contributed by atoms with Crippen molar-refractivity contribution in [2.75, 3.05) is 19.8 Å². The number of rotatable bonds is 4. The minimum absolute atomic E-state index is 0.0289. The Balaban J connectivity index is 1.35. The lowest BCUT2D eigenvalue weighted by Crippen LogP contribution is -2.55. The predicted molar refractivity (Wildman–Crippen MR) is 88.9 cm³/mol. The second-order valence-electron chi connectivity index (χ2n) is 6.41. The molecule has 1 aromatic carbocycles. The van der Waals surface area contributed by atoms with Gasteiger partial charge >= 0.3 is 0 Å². The number of fused-ring (bicyclic) bond motifs is 1. The molecule has 2 heterocycles. The molecule has 2 aromatic rings. The van der Waals surface area contributed by atoms with Crippen LogP contribution in [0.25, 0.3) is 11.5 Å². The lowest BCUT2D eigenvalue weighted by atomic mass is 9.90. The Labute approximate surface area is 145 Å². The van der Waals surface area contributed by atoms with Crippen LogP contribution >= 0.6 is 0 Å². The molecule has 0 bridgehead atoms. The van der Waals surface area contributed by atoms with Crippen molar-refractivity contribution >= 4 is 5.91 Å². The molecule has 2 aliphatic rings. The summed E-state index contributed by atoms with van der Waals surface area (Å²) in [5.41, 5.74) is 0.814. The number of morpholine rings is 1. The van der Waals surface area contributed by atoms with E-state index in [0.717, 1.165) is 24.8 Å². The fourth-order valence-corrected chi connectivity index (χ4v) is 3.63. The molecule has 4 rings (SSSR count). The van der Waals surface area contributed by atoms with Gasteiger partial charge in [-0.15, -0.1) is 10.2 Å². The van der Waals surface area contributed by atoms with Gasteiger partial charge in [-0.2, -0.15) is 0 Å². The minimum Gasteiger partial charge on any atom is -0.484 e. The van der Waals surface area contributed by atoms with Crippen LogP contribution in [0, 0.1) is 0 Å². The lowest BCUT2D eigenvalue weighted by Gasteiger charge is -2.43. The van der Waals surface area contributed by atoms with E-state index in [-0.39, 0.29) is 24.7 Å². The second-order valence-corrected chi connectivity index (χ2v) is 6.41. The van der Waals surface area contributed by atoms with Crippen molar-refractivity contribution in [3.05, 3.63) is 30.7 Å². The zero-order valence-corrected chi connectivity index (χ0v) is 14.0. The number of aromatic nitrogens is 2. The normalized spacial score (nSPS) is 23.1. The van der Waals surface area contributed by atoms with Crippen LogP contribution in [0.3, 0.4) is 0 Å². The predicted octanol–water partition coefficient (Wildman–Crippen LogP) is 2.29. The topological polar surface area (TPSA) is 77.7 Å². The molecule has 2 atom stereocenters. The van der Waals surface area contributed by atoms with Crippen LogP contribution < -0.4 is 4.74 Å². The third-order valence-electron chi connectivity index (χ3n) is 4.88. The van der Waals surface area contributed by atoms with E-state index in [1.165, 1.54) is 12.8 Å². The number of benzene rings is 1. The molecule has 1 saturated heterocycles. The van der Waals surface area contributed by atoms with Gasteiger partial charge in [-0.1, -0.05) is 12.8 Å². The second kappa shape index (κ2) is 7.23. The van der Waals surface area contributed by atoms with Gasteiger partial charge in [0.05, 0.1) is 18.8 Å². The summed E-state index contributed by atoms with van der Waals surface area (Å²) in [7, 11) is 0. The van der Waals surface area contributed by atoms with Crippen LogP contribution in [-0.4, -0.2) is 52.9 Å². The van der Waals surface area contributed by atoms with Crippen molar-refractivity contribution in [1.82, 2.24) is 15.1 Å². The molecule has 0 radical (unpaired) electrons. The van der Waals surface area contributed by atoms with Crippen molar-refractivity contribution in [3.63, 3.8) is 0 Å². The Bertz CT molecular complexity index is 700. The van der Waals surface area contributed by atoms with Crippen molar-refractivity contribution in [1.29, 1.82) is 0 Å². The van der Waals surface area contributed by atoms with E-state index in [9.17, 15) is 4.79 Å².